The molecule has 1 fully saturated rings. The predicted octanol–water partition coefficient (Wildman–Crippen LogP) is 3.96. The molecule has 94 valence electrons. The van der Waals surface area contributed by atoms with Gasteiger partial charge in [0.1, 0.15) is 0 Å². The monoisotopic (exact) mass is 231 g/mol. The van der Waals surface area contributed by atoms with Crippen molar-refractivity contribution in [2.75, 3.05) is 0 Å². The fraction of sp³-hybridized carbons (Fsp3) is 0.625. The Morgan fingerprint density at radius 2 is 1.76 bits per heavy atom. The summed E-state index contributed by atoms with van der Waals surface area (Å²) in [7, 11) is 0. The second-order valence-electron chi connectivity index (χ2n) is 5.97. The third kappa shape index (κ3) is 3.57. The van der Waals surface area contributed by atoms with Crippen LogP contribution in [0, 0.1) is 5.92 Å². The molecule has 0 saturated heterocycles. The van der Waals surface area contributed by atoms with Gasteiger partial charge in [0, 0.05) is 12.1 Å². The van der Waals surface area contributed by atoms with Gasteiger partial charge in [-0.25, -0.2) is 0 Å². The van der Waals surface area contributed by atoms with E-state index in [-0.39, 0.29) is 0 Å². The van der Waals surface area contributed by atoms with Crippen molar-refractivity contribution in [3.05, 3.63) is 35.9 Å². The van der Waals surface area contributed by atoms with Gasteiger partial charge in [-0.05, 0) is 43.6 Å². The Labute approximate surface area is 106 Å². The van der Waals surface area contributed by atoms with E-state index in [1.54, 1.807) is 0 Å². The average Bonchev–Trinajstić information content (AvgIpc) is 2.23. The van der Waals surface area contributed by atoms with E-state index in [2.05, 4.69) is 56.4 Å². The van der Waals surface area contributed by atoms with Crippen LogP contribution >= 0.6 is 0 Å². The highest BCUT2D eigenvalue weighted by Crippen LogP contribution is 2.36. The number of rotatable bonds is 5. The molecule has 0 radical (unpaired) electrons. The minimum atomic E-state index is 0.664. The van der Waals surface area contributed by atoms with Gasteiger partial charge in [0.15, 0.2) is 0 Å². The average molecular weight is 231 g/mol. The molecule has 0 spiro atoms. The van der Waals surface area contributed by atoms with E-state index in [0.29, 0.717) is 6.04 Å². The summed E-state index contributed by atoms with van der Waals surface area (Å²) in [5, 5.41) is 3.75. The number of hydrogen-bond donors (Lipinski definition) is 1. The van der Waals surface area contributed by atoms with Gasteiger partial charge in [0.05, 0.1) is 0 Å². The standard InChI is InChI=1S/C16H25N/c1-12(2)9-13(3)17-16-10-15(11-16)14-7-5-4-6-8-14/h4-8,12-13,15-17H,9-11H2,1-3H3. The lowest BCUT2D eigenvalue weighted by Crippen LogP contribution is -2.44. The van der Waals surface area contributed by atoms with E-state index in [1.165, 1.54) is 24.8 Å². The molecule has 1 aliphatic rings. The summed E-state index contributed by atoms with van der Waals surface area (Å²) in [4.78, 5) is 0. The normalized spacial score (nSPS) is 25.6. The van der Waals surface area contributed by atoms with Crippen molar-refractivity contribution in [1.82, 2.24) is 5.32 Å². The predicted molar refractivity (Wildman–Crippen MR) is 74.3 cm³/mol. The van der Waals surface area contributed by atoms with Crippen LogP contribution in [0.2, 0.25) is 0 Å². The lowest BCUT2D eigenvalue weighted by atomic mass is 9.75. The van der Waals surface area contributed by atoms with Crippen LogP contribution in [0.1, 0.15) is 51.5 Å². The molecule has 1 aliphatic carbocycles. The summed E-state index contributed by atoms with van der Waals surface area (Å²) in [5.41, 5.74) is 1.52. The van der Waals surface area contributed by atoms with Crippen molar-refractivity contribution < 1.29 is 0 Å². The summed E-state index contributed by atoms with van der Waals surface area (Å²) >= 11 is 0. The first-order chi connectivity index (χ1) is 8.15. The molecule has 0 aliphatic heterocycles. The molecule has 1 unspecified atom stereocenters. The topological polar surface area (TPSA) is 12.0 Å². The molecule has 1 heteroatoms. The first-order valence-electron chi connectivity index (χ1n) is 6.96. The molecule has 1 saturated carbocycles. The minimum absolute atomic E-state index is 0.664. The fourth-order valence-corrected chi connectivity index (χ4v) is 2.93. The van der Waals surface area contributed by atoms with Crippen molar-refractivity contribution in [2.24, 2.45) is 5.92 Å². The Balaban J connectivity index is 1.72. The highest BCUT2D eigenvalue weighted by Gasteiger charge is 2.30. The van der Waals surface area contributed by atoms with Crippen LogP contribution in [-0.2, 0) is 0 Å². The minimum Gasteiger partial charge on any atom is -0.311 e. The lowest BCUT2D eigenvalue weighted by Gasteiger charge is -2.38. The molecular formula is C16H25N. The molecule has 1 aromatic rings. The first kappa shape index (κ1) is 12.6. The van der Waals surface area contributed by atoms with Crippen LogP contribution in [0.5, 0.6) is 0 Å². The van der Waals surface area contributed by atoms with Crippen LogP contribution in [-0.4, -0.2) is 12.1 Å². The van der Waals surface area contributed by atoms with Crippen LogP contribution in [0.25, 0.3) is 0 Å². The molecule has 1 atom stereocenters. The molecule has 0 aromatic heterocycles. The van der Waals surface area contributed by atoms with Crippen molar-refractivity contribution in [3.63, 3.8) is 0 Å². The number of hydrogen-bond acceptors (Lipinski definition) is 1. The maximum absolute atomic E-state index is 3.75. The molecule has 1 nitrogen and oxygen atoms in total. The molecule has 0 heterocycles. The van der Waals surface area contributed by atoms with Crippen molar-refractivity contribution in [2.45, 2.75) is 58.0 Å². The summed E-state index contributed by atoms with van der Waals surface area (Å²) in [5.74, 6) is 1.59. The van der Waals surface area contributed by atoms with Crippen LogP contribution in [0.3, 0.4) is 0 Å². The summed E-state index contributed by atoms with van der Waals surface area (Å²) < 4.78 is 0. The molecule has 0 amide bonds. The van der Waals surface area contributed by atoms with Crippen LogP contribution < -0.4 is 5.32 Å². The van der Waals surface area contributed by atoms with Gasteiger partial charge in [-0.2, -0.15) is 0 Å². The third-order valence-electron chi connectivity index (χ3n) is 3.75. The second kappa shape index (κ2) is 5.68. The summed E-state index contributed by atoms with van der Waals surface area (Å²) in [6.45, 7) is 6.91. The largest absolute Gasteiger partial charge is 0.311 e. The number of nitrogens with one attached hydrogen (secondary N) is 1. The van der Waals surface area contributed by atoms with E-state index in [0.717, 1.165) is 17.9 Å². The molecule has 2 rings (SSSR count). The zero-order chi connectivity index (χ0) is 12.3. The van der Waals surface area contributed by atoms with Crippen molar-refractivity contribution in [1.29, 1.82) is 0 Å². The highest BCUT2D eigenvalue weighted by atomic mass is 15.0. The van der Waals surface area contributed by atoms with Gasteiger partial charge in [0.25, 0.3) is 0 Å². The molecule has 0 bridgehead atoms. The summed E-state index contributed by atoms with van der Waals surface area (Å²) in [6.07, 6.45) is 3.91. The maximum atomic E-state index is 3.75. The van der Waals surface area contributed by atoms with Gasteiger partial charge in [-0.3, -0.25) is 0 Å². The van der Waals surface area contributed by atoms with E-state index in [9.17, 15) is 0 Å². The third-order valence-corrected chi connectivity index (χ3v) is 3.75. The Morgan fingerprint density at radius 3 is 2.35 bits per heavy atom. The van der Waals surface area contributed by atoms with Gasteiger partial charge in [0.2, 0.25) is 0 Å². The fourth-order valence-electron chi connectivity index (χ4n) is 2.93. The van der Waals surface area contributed by atoms with E-state index in [4.69, 9.17) is 0 Å². The van der Waals surface area contributed by atoms with Gasteiger partial charge < -0.3 is 5.32 Å². The Kier molecular flexibility index (Phi) is 4.22. The Hall–Kier alpha value is -0.820. The Bertz CT molecular complexity index is 325. The van der Waals surface area contributed by atoms with Crippen LogP contribution in [0.15, 0.2) is 30.3 Å². The van der Waals surface area contributed by atoms with Crippen molar-refractivity contribution >= 4 is 0 Å². The molecule has 1 aromatic carbocycles. The molecular weight excluding hydrogens is 206 g/mol. The smallest absolute Gasteiger partial charge is 0.00812 e. The molecule has 1 N–H and O–H groups in total. The van der Waals surface area contributed by atoms with Gasteiger partial charge >= 0.3 is 0 Å². The first-order valence-corrected chi connectivity index (χ1v) is 6.96. The summed E-state index contributed by atoms with van der Waals surface area (Å²) in [6, 6.07) is 12.3. The van der Waals surface area contributed by atoms with E-state index >= 15 is 0 Å². The Morgan fingerprint density at radius 1 is 1.12 bits per heavy atom. The zero-order valence-corrected chi connectivity index (χ0v) is 11.3. The van der Waals surface area contributed by atoms with Gasteiger partial charge in [-0.1, -0.05) is 44.2 Å². The maximum Gasteiger partial charge on any atom is 0.00812 e. The van der Waals surface area contributed by atoms with Gasteiger partial charge in [-0.15, -0.1) is 0 Å². The highest BCUT2D eigenvalue weighted by molar-refractivity contribution is 5.22. The van der Waals surface area contributed by atoms with E-state index < -0.39 is 0 Å². The second-order valence-corrected chi connectivity index (χ2v) is 5.97. The molecule has 17 heavy (non-hydrogen) atoms. The zero-order valence-electron chi connectivity index (χ0n) is 11.3. The quantitative estimate of drug-likeness (QED) is 0.809. The van der Waals surface area contributed by atoms with Crippen molar-refractivity contribution in [3.8, 4) is 0 Å². The number of benzene rings is 1. The SMILES string of the molecule is CC(C)CC(C)NC1CC(c2ccccc2)C1. The van der Waals surface area contributed by atoms with E-state index in [1.807, 2.05) is 0 Å². The lowest BCUT2D eigenvalue weighted by molar-refractivity contribution is 0.257. The van der Waals surface area contributed by atoms with Crippen LogP contribution in [0.4, 0.5) is 0 Å².